The maximum absolute atomic E-state index is 13.4. The van der Waals surface area contributed by atoms with Gasteiger partial charge in [0, 0.05) is 17.7 Å². The van der Waals surface area contributed by atoms with E-state index in [1.54, 1.807) is 0 Å². The summed E-state index contributed by atoms with van der Waals surface area (Å²) < 4.78 is 13.4. The molecule has 1 saturated carbocycles. The average Bonchev–Trinajstić information content (AvgIpc) is 2.38. The van der Waals surface area contributed by atoms with Gasteiger partial charge in [-0.3, -0.25) is 14.9 Å². The first-order valence-electron chi connectivity index (χ1n) is 6.86. The molecule has 0 atom stereocenters. The van der Waals surface area contributed by atoms with Crippen LogP contribution in [-0.4, -0.2) is 21.5 Å². The summed E-state index contributed by atoms with van der Waals surface area (Å²) in [6.07, 6.45) is 3.78. The molecule has 114 valence electrons. The lowest BCUT2D eigenvalue weighted by molar-refractivity contribution is -0.384. The van der Waals surface area contributed by atoms with Crippen LogP contribution in [0.4, 0.5) is 15.8 Å². The second-order valence-electron chi connectivity index (χ2n) is 5.46. The molecule has 1 aromatic carbocycles. The van der Waals surface area contributed by atoms with E-state index in [4.69, 9.17) is 5.11 Å². The summed E-state index contributed by atoms with van der Waals surface area (Å²) in [6, 6.07) is 3.17. The molecule has 6 nitrogen and oxygen atoms in total. The molecule has 21 heavy (non-hydrogen) atoms. The van der Waals surface area contributed by atoms with Crippen LogP contribution in [0.1, 0.15) is 38.5 Å². The van der Waals surface area contributed by atoms with Crippen molar-refractivity contribution in [2.24, 2.45) is 0 Å². The number of halogens is 1. The first-order valence-corrected chi connectivity index (χ1v) is 6.86. The molecule has 0 spiro atoms. The van der Waals surface area contributed by atoms with Crippen molar-refractivity contribution in [2.45, 2.75) is 44.1 Å². The van der Waals surface area contributed by atoms with E-state index in [0.717, 1.165) is 37.5 Å². The van der Waals surface area contributed by atoms with Crippen molar-refractivity contribution in [3.05, 3.63) is 34.1 Å². The molecule has 1 aromatic rings. The van der Waals surface area contributed by atoms with Crippen LogP contribution in [0, 0.1) is 15.9 Å². The minimum absolute atomic E-state index is 0.0446. The molecule has 0 saturated heterocycles. The number of anilines is 1. The van der Waals surface area contributed by atoms with E-state index in [0.29, 0.717) is 12.8 Å². The van der Waals surface area contributed by atoms with Gasteiger partial charge in [-0.25, -0.2) is 4.39 Å². The second kappa shape index (κ2) is 6.07. The van der Waals surface area contributed by atoms with E-state index in [-0.39, 0.29) is 17.8 Å². The topological polar surface area (TPSA) is 92.5 Å². The molecular formula is C14H17FN2O4. The van der Waals surface area contributed by atoms with Gasteiger partial charge in [0.15, 0.2) is 0 Å². The number of hydrogen-bond acceptors (Lipinski definition) is 4. The number of nitro benzene ring substituents is 1. The number of aliphatic carboxylic acids is 1. The summed E-state index contributed by atoms with van der Waals surface area (Å²) in [7, 11) is 0. The molecule has 0 radical (unpaired) electrons. The molecule has 0 aromatic heterocycles. The highest BCUT2D eigenvalue weighted by atomic mass is 19.1. The van der Waals surface area contributed by atoms with Crippen molar-refractivity contribution < 1.29 is 19.2 Å². The van der Waals surface area contributed by atoms with Gasteiger partial charge in [0.25, 0.3) is 5.69 Å². The van der Waals surface area contributed by atoms with Crippen LogP contribution in [0.25, 0.3) is 0 Å². The number of carboxylic acids is 1. The van der Waals surface area contributed by atoms with E-state index < -0.39 is 22.2 Å². The average molecular weight is 296 g/mol. The number of nitrogens with zero attached hydrogens (tertiary/aromatic N) is 1. The van der Waals surface area contributed by atoms with Gasteiger partial charge in [-0.1, -0.05) is 19.3 Å². The third-order valence-corrected chi connectivity index (χ3v) is 3.86. The Bertz CT molecular complexity index is 556. The van der Waals surface area contributed by atoms with Crippen LogP contribution in [0.15, 0.2) is 18.2 Å². The quantitative estimate of drug-likeness (QED) is 0.642. The first kappa shape index (κ1) is 15.2. The predicted molar refractivity (Wildman–Crippen MR) is 74.7 cm³/mol. The number of benzene rings is 1. The summed E-state index contributed by atoms with van der Waals surface area (Å²) in [5.74, 6) is -1.56. The summed E-state index contributed by atoms with van der Waals surface area (Å²) in [6.45, 7) is 0. The molecule has 0 unspecified atom stereocenters. The van der Waals surface area contributed by atoms with Crippen LogP contribution >= 0.6 is 0 Å². The van der Waals surface area contributed by atoms with Crippen LogP contribution < -0.4 is 5.32 Å². The summed E-state index contributed by atoms with van der Waals surface area (Å²) >= 11 is 0. The number of rotatable bonds is 5. The minimum Gasteiger partial charge on any atom is -0.481 e. The Morgan fingerprint density at radius 2 is 2.05 bits per heavy atom. The Morgan fingerprint density at radius 3 is 2.62 bits per heavy atom. The molecule has 1 aliphatic carbocycles. The second-order valence-corrected chi connectivity index (χ2v) is 5.46. The van der Waals surface area contributed by atoms with Gasteiger partial charge in [0.05, 0.1) is 11.3 Å². The number of nitro groups is 1. The molecule has 1 fully saturated rings. The molecule has 0 heterocycles. The molecule has 7 heteroatoms. The molecule has 1 aliphatic rings. The zero-order valence-electron chi connectivity index (χ0n) is 11.5. The van der Waals surface area contributed by atoms with E-state index in [1.807, 2.05) is 0 Å². The zero-order chi connectivity index (χ0) is 15.5. The Balaban J connectivity index is 2.34. The SMILES string of the molecule is O=C(O)CC1(Nc2cc(F)ccc2[N+](=O)[O-])CCCCC1. The van der Waals surface area contributed by atoms with Crippen LogP contribution in [0.2, 0.25) is 0 Å². The Kier molecular flexibility index (Phi) is 4.40. The van der Waals surface area contributed by atoms with Crippen molar-refractivity contribution in [3.63, 3.8) is 0 Å². The summed E-state index contributed by atoms with van der Waals surface area (Å²) in [5, 5.41) is 23.1. The predicted octanol–water partition coefficient (Wildman–Crippen LogP) is 3.32. The molecule has 2 N–H and O–H groups in total. The highest BCUT2D eigenvalue weighted by Crippen LogP contribution is 2.37. The first-order chi connectivity index (χ1) is 9.92. The monoisotopic (exact) mass is 296 g/mol. The Labute approximate surface area is 121 Å². The Hall–Kier alpha value is -2.18. The maximum atomic E-state index is 13.4. The molecule has 2 rings (SSSR count). The van der Waals surface area contributed by atoms with Crippen LogP contribution in [-0.2, 0) is 4.79 Å². The number of hydrogen-bond donors (Lipinski definition) is 2. The number of carboxylic acid groups (broad SMARTS) is 1. The van der Waals surface area contributed by atoms with Crippen LogP contribution in [0.5, 0.6) is 0 Å². The van der Waals surface area contributed by atoms with E-state index in [9.17, 15) is 19.3 Å². The van der Waals surface area contributed by atoms with E-state index in [1.165, 1.54) is 0 Å². The Morgan fingerprint density at radius 1 is 1.38 bits per heavy atom. The molecule has 0 amide bonds. The highest BCUT2D eigenvalue weighted by molar-refractivity contribution is 5.71. The van der Waals surface area contributed by atoms with Gasteiger partial charge in [0.2, 0.25) is 0 Å². The van der Waals surface area contributed by atoms with Gasteiger partial charge in [-0.2, -0.15) is 0 Å². The van der Waals surface area contributed by atoms with Gasteiger partial charge in [-0.05, 0) is 18.9 Å². The van der Waals surface area contributed by atoms with Crippen LogP contribution in [0.3, 0.4) is 0 Å². The van der Waals surface area contributed by atoms with Crippen molar-refractivity contribution in [1.29, 1.82) is 0 Å². The van der Waals surface area contributed by atoms with Gasteiger partial charge >= 0.3 is 5.97 Å². The fourth-order valence-corrected chi connectivity index (χ4v) is 2.92. The van der Waals surface area contributed by atoms with Crippen molar-refractivity contribution in [2.75, 3.05) is 5.32 Å². The molecule has 0 bridgehead atoms. The standard InChI is InChI=1S/C14H17FN2O4/c15-10-4-5-12(17(20)21)11(8-10)16-14(9-13(18)19)6-2-1-3-7-14/h4-5,8,16H,1-3,6-7,9H2,(H,18,19). The lowest BCUT2D eigenvalue weighted by atomic mass is 9.79. The van der Waals surface area contributed by atoms with Crippen molar-refractivity contribution in [1.82, 2.24) is 0 Å². The fourth-order valence-electron chi connectivity index (χ4n) is 2.92. The molecular weight excluding hydrogens is 279 g/mol. The highest BCUT2D eigenvalue weighted by Gasteiger charge is 2.36. The van der Waals surface area contributed by atoms with Gasteiger partial charge in [0.1, 0.15) is 11.5 Å². The lowest BCUT2D eigenvalue weighted by Crippen LogP contribution is -2.42. The minimum atomic E-state index is -0.969. The third kappa shape index (κ3) is 3.68. The third-order valence-electron chi connectivity index (χ3n) is 3.86. The summed E-state index contributed by atoms with van der Waals surface area (Å²) in [4.78, 5) is 21.5. The normalized spacial score (nSPS) is 17.2. The van der Waals surface area contributed by atoms with Crippen molar-refractivity contribution >= 4 is 17.3 Å². The van der Waals surface area contributed by atoms with E-state index in [2.05, 4.69) is 5.32 Å². The van der Waals surface area contributed by atoms with Gasteiger partial charge in [-0.15, -0.1) is 0 Å². The van der Waals surface area contributed by atoms with E-state index >= 15 is 0 Å². The number of nitrogens with one attached hydrogen (secondary N) is 1. The molecule has 0 aliphatic heterocycles. The zero-order valence-corrected chi connectivity index (χ0v) is 11.5. The van der Waals surface area contributed by atoms with Gasteiger partial charge < -0.3 is 10.4 Å². The fraction of sp³-hybridized carbons (Fsp3) is 0.500. The summed E-state index contributed by atoms with van der Waals surface area (Å²) in [5.41, 5.74) is -0.947. The lowest BCUT2D eigenvalue weighted by Gasteiger charge is -2.37. The maximum Gasteiger partial charge on any atom is 0.305 e. The van der Waals surface area contributed by atoms with Crippen molar-refractivity contribution in [3.8, 4) is 0 Å². The number of carbonyl (C=O) groups is 1. The largest absolute Gasteiger partial charge is 0.481 e. The smallest absolute Gasteiger partial charge is 0.305 e.